The Balaban J connectivity index is 2.84. The highest BCUT2D eigenvalue weighted by Gasteiger charge is 2.04. The van der Waals surface area contributed by atoms with Crippen molar-refractivity contribution in [2.45, 2.75) is 19.8 Å². The van der Waals surface area contributed by atoms with Gasteiger partial charge < -0.3 is 4.74 Å². The van der Waals surface area contributed by atoms with Gasteiger partial charge in [0.2, 0.25) is 0 Å². The minimum absolute atomic E-state index is 0.131. The lowest BCUT2D eigenvalue weighted by Crippen LogP contribution is -1.97. The molecule has 0 aliphatic rings. The predicted octanol–water partition coefficient (Wildman–Crippen LogP) is 3.44. The predicted molar refractivity (Wildman–Crippen MR) is 66.0 cm³/mol. The van der Waals surface area contributed by atoms with E-state index < -0.39 is 5.82 Å². The molecule has 0 aromatic heterocycles. The van der Waals surface area contributed by atoms with Gasteiger partial charge in [-0.15, -0.1) is 0 Å². The van der Waals surface area contributed by atoms with E-state index in [1.807, 2.05) is 6.92 Å². The summed E-state index contributed by atoms with van der Waals surface area (Å²) < 4.78 is 19.0. The van der Waals surface area contributed by atoms with E-state index in [9.17, 15) is 4.39 Å². The Bertz CT molecular complexity index is 508. The van der Waals surface area contributed by atoms with E-state index in [1.165, 1.54) is 18.2 Å². The zero-order chi connectivity index (χ0) is 13.4. The smallest absolute Gasteiger partial charge is 0.134 e. The third-order valence-corrected chi connectivity index (χ3v) is 2.28. The molecule has 0 bridgehead atoms. The van der Waals surface area contributed by atoms with E-state index in [1.54, 1.807) is 18.2 Å². The molecular formula is C14H13FN2O. The Hall–Kier alpha value is -2.33. The molecule has 4 heteroatoms. The Morgan fingerprint density at radius 3 is 2.67 bits per heavy atom. The maximum atomic E-state index is 13.6. The number of halogens is 1. The summed E-state index contributed by atoms with van der Waals surface area (Å²) >= 11 is 0. The lowest BCUT2D eigenvalue weighted by molar-refractivity contribution is 0.308. The molecule has 92 valence electrons. The number of nitrogens with zero attached hydrogens (tertiary/aromatic N) is 2. The van der Waals surface area contributed by atoms with Crippen LogP contribution in [0.1, 0.15) is 25.3 Å². The summed E-state index contributed by atoms with van der Waals surface area (Å²) in [7, 11) is 0. The van der Waals surface area contributed by atoms with E-state index in [0.717, 1.165) is 12.8 Å². The van der Waals surface area contributed by atoms with E-state index in [2.05, 4.69) is 0 Å². The van der Waals surface area contributed by atoms with Gasteiger partial charge in [-0.1, -0.05) is 13.3 Å². The summed E-state index contributed by atoms with van der Waals surface area (Å²) in [5, 5.41) is 17.2. The number of rotatable bonds is 5. The van der Waals surface area contributed by atoms with Crippen molar-refractivity contribution in [2.24, 2.45) is 0 Å². The van der Waals surface area contributed by atoms with E-state index in [-0.39, 0.29) is 11.1 Å². The molecule has 0 spiro atoms. The van der Waals surface area contributed by atoms with Crippen molar-refractivity contribution in [3.8, 4) is 17.9 Å². The maximum Gasteiger partial charge on any atom is 0.134 e. The average molecular weight is 244 g/mol. The Labute approximate surface area is 106 Å². The summed E-state index contributed by atoms with van der Waals surface area (Å²) in [5.41, 5.74) is 0.0736. The molecule has 0 saturated carbocycles. The van der Waals surface area contributed by atoms with Gasteiger partial charge in [0.1, 0.15) is 29.3 Å². The van der Waals surface area contributed by atoms with Gasteiger partial charge in [-0.2, -0.15) is 10.5 Å². The number of benzene rings is 1. The quantitative estimate of drug-likeness (QED) is 0.589. The average Bonchev–Trinajstić information content (AvgIpc) is 2.38. The van der Waals surface area contributed by atoms with E-state index >= 15 is 0 Å². The summed E-state index contributed by atoms with van der Waals surface area (Å²) in [5.74, 6) is -0.0550. The molecule has 1 aromatic carbocycles. The number of allylic oxidation sites excluding steroid dienone is 1. The molecule has 0 fully saturated rings. The lowest BCUT2D eigenvalue weighted by Gasteiger charge is -2.06. The monoisotopic (exact) mass is 244 g/mol. The largest absolute Gasteiger partial charge is 0.493 e. The molecular weight excluding hydrogens is 231 g/mol. The van der Waals surface area contributed by atoms with Gasteiger partial charge >= 0.3 is 0 Å². The zero-order valence-electron chi connectivity index (χ0n) is 10.1. The van der Waals surface area contributed by atoms with Gasteiger partial charge in [-0.05, 0) is 24.6 Å². The topological polar surface area (TPSA) is 56.8 Å². The van der Waals surface area contributed by atoms with Crippen LogP contribution in [0.15, 0.2) is 23.8 Å². The fraction of sp³-hybridized carbons (Fsp3) is 0.286. The first-order valence-corrected chi connectivity index (χ1v) is 5.65. The molecule has 1 aromatic rings. The Morgan fingerprint density at radius 2 is 2.11 bits per heavy atom. The van der Waals surface area contributed by atoms with Gasteiger partial charge in [0.15, 0.2) is 0 Å². The van der Waals surface area contributed by atoms with Crippen LogP contribution in [0.2, 0.25) is 0 Å². The first kappa shape index (κ1) is 13.7. The third-order valence-electron chi connectivity index (χ3n) is 2.28. The third kappa shape index (κ3) is 3.92. The van der Waals surface area contributed by atoms with Crippen molar-refractivity contribution in [1.82, 2.24) is 0 Å². The van der Waals surface area contributed by atoms with Gasteiger partial charge in [0.25, 0.3) is 0 Å². The molecule has 3 nitrogen and oxygen atoms in total. The molecule has 18 heavy (non-hydrogen) atoms. The molecule has 0 N–H and O–H groups in total. The molecule has 0 unspecified atom stereocenters. The fourth-order valence-corrected chi connectivity index (χ4v) is 1.29. The van der Waals surface area contributed by atoms with Crippen molar-refractivity contribution in [1.29, 1.82) is 10.5 Å². The number of nitriles is 2. The van der Waals surface area contributed by atoms with Crippen LogP contribution in [0, 0.1) is 28.5 Å². The maximum absolute atomic E-state index is 13.6. The molecule has 0 saturated heterocycles. The number of ether oxygens (including phenoxy) is 1. The first-order valence-electron chi connectivity index (χ1n) is 5.65. The normalized spacial score (nSPS) is 9.11. The van der Waals surface area contributed by atoms with Crippen molar-refractivity contribution >= 4 is 6.08 Å². The van der Waals surface area contributed by atoms with Gasteiger partial charge in [0.05, 0.1) is 6.61 Å². The molecule has 0 atom stereocenters. The van der Waals surface area contributed by atoms with Crippen LogP contribution in [0.4, 0.5) is 4.39 Å². The SMILES string of the molecule is CCCCOc1ccc(C=C(C#N)C#N)c(F)c1. The van der Waals surface area contributed by atoms with Crippen LogP contribution in [0.3, 0.4) is 0 Å². The molecule has 0 aliphatic carbocycles. The van der Waals surface area contributed by atoms with Crippen molar-refractivity contribution in [3.63, 3.8) is 0 Å². The van der Waals surface area contributed by atoms with Gasteiger partial charge in [0, 0.05) is 11.6 Å². The highest BCUT2D eigenvalue weighted by atomic mass is 19.1. The van der Waals surface area contributed by atoms with Crippen LogP contribution >= 0.6 is 0 Å². The van der Waals surface area contributed by atoms with Gasteiger partial charge in [-0.3, -0.25) is 0 Å². The minimum Gasteiger partial charge on any atom is -0.493 e. The van der Waals surface area contributed by atoms with Crippen LogP contribution in [-0.4, -0.2) is 6.61 Å². The second kappa shape index (κ2) is 7.09. The lowest BCUT2D eigenvalue weighted by atomic mass is 10.1. The van der Waals surface area contributed by atoms with Crippen LogP contribution < -0.4 is 4.74 Å². The first-order chi connectivity index (χ1) is 8.71. The van der Waals surface area contributed by atoms with Crippen molar-refractivity contribution in [2.75, 3.05) is 6.61 Å². The van der Waals surface area contributed by atoms with E-state index in [4.69, 9.17) is 15.3 Å². The fourth-order valence-electron chi connectivity index (χ4n) is 1.29. The Morgan fingerprint density at radius 1 is 1.39 bits per heavy atom. The second-order valence-electron chi connectivity index (χ2n) is 3.67. The van der Waals surface area contributed by atoms with Crippen molar-refractivity contribution < 1.29 is 9.13 Å². The Kier molecular flexibility index (Phi) is 5.41. The van der Waals surface area contributed by atoms with E-state index in [0.29, 0.717) is 12.4 Å². The molecule has 1 rings (SSSR count). The minimum atomic E-state index is -0.507. The number of hydrogen-bond donors (Lipinski definition) is 0. The summed E-state index contributed by atoms with van der Waals surface area (Å²) in [6.07, 6.45) is 3.14. The van der Waals surface area contributed by atoms with Crippen LogP contribution in [-0.2, 0) is 0 Å². The number of hydrogen-bond acceptors (Lipinski definition) is 3. The van der Waals surface area contributed by atoms with Crippen molar-refractivity contribution in [3.05, 3.63) is 35.2 Å². The standard InChI is InChI=1S/C14H13FN2O/c1-2-3-6-18-13-5-4-12(14(15)8-13)7-11(9-16)10-17/h4-5,7-8H,2-3,6H2,1H3. The molecule has 0 amide bonds. The summed E-state index contributed by atoms with van der Waals surface area (Å²) in [6, 6.07) is 7.74. The highest BCUT2D eigenvalue weighted by molar-refractivity contribution is 5.62. The molecule has 0 aliphatic heterocycles. The summed E-state index contributed by atoms with van der Waals surface area (Å²) in [4.78, 5) is 0. The van der Waals surface area contributed by atoms with Crippen LogP contribution in [0.25, 0.3) is 6.08 Å². The molecule has 0 heterocycles. The number of unbranched alkanes of at least 4 members (excludes halogenated alkanes) is 1. The summed E-state index contributed by atoms with van der Waals surface area (Å²) in [6.45, 7) is 2.59. The highest BCUT2D eigenvalue weighted by Crippen LogP contribution is 2.19. The van der Waals surface area contributed by atoms with Crippen LogP contribution in [0.5, 0.6) is 5.75 Å². The zero-order valence-corrected chi connectivity index (χ0v) is 10.1. The second-order valence-corrected chi connectivity index (χ2v) is 3.67. The van der Waals surface area contributed by atoms with Gasteiger partial charge in [-0.25, -0.2) is 4.39 Å². The molecule has 0 radical (unpaired) electrons.